The van der Waals surface area contributed by atoms with Gasteiger partial charge in [0.15, 0.2) is 0 Å². The summed E-state index contributed by atoms with van der Waals surface area (Å²) in [7, 11) is 0. The van der Waals surface area contributed by atoms with Crippen molar-refractivity contribution in [3.8, 4) is 0 Å². The number of aryl methyl sites for hydroxylation is 1. The Balaban J connectivity index is 0.000000490. The first-order valence-electron chi connectivity index (χ1n) is 2.33. The van der Waals surface area contributed by atoms with Gasteiger partial charge >= 0.3 is 0 Å². The van der Waals surface area contributed by atoms with Gasteiger partial charge in [-0.05, 0) is 0 Å². The van der Waals surface area contributed by atoms with E-state index in [1.54, 1.807) is 0 Å². The third-order valence-corrected chi connectivity index (χ3v) is 0.865. The Morgan fingerprint density at radius 1 is 1.38 bits per heavy atom. The van der Waals surface area contributed by atoms with E-state index in [0.717, 1.165) is 0 Å². The molecule has 0 bridgehead atoms. The van der Waals surface area contributed by atoms with Crippen LogP contribution in [0.4, 0.5) is 0 Å². The van der Waals surface area contributed by atoms with Crippen LogP contribution in [0.2, 0.25) is 0 Å². The normalized spacial score (nSPS) is 7.62. The maximum atomic E-state index is 3.03. The van der Waals surface area contributed by atoms with Crippen LogP contribution in [0.3, 0.4) is 0 Å². The number of hydrogen-bond acceptors (Lipinski definition) is 0. The van der Waals surface area contributed by atoms with Gasteiger partial charge in [-0.2, -0.15) is 35.9 Å². The molecule has 0 nitrogen and oxygen atoms in total. The fraction of sp³-hybridized carbons (Fsp3) is 0.143. The molecule has 0 saturated carbocycles. The van der Waals surface area contributed by atoms with Gasteiger partial charge in [0.2, 0.25) is 0 Å². The third-order valence-electron chi connectivity index (χ3n) is 0.865. The van der Waals surface area contributed by atoms with Crippen LogP contribution < -0.4 is 0 Å². The van der Waals surface area contributed by atoms with Gasteiger partial charge in [0.05, 0.1) is 0 Å². The SMILES string of the molecule is Cc1[c-]cccc1.[Mo]. The van der Waals surface area contributed by atoms with Crippen molar-refractivity contribution < 1.29 is 21.1 Å². The Labute approximate surface area is 64.2 Å². The Morgan fingerprint density at radius 3 is 2.38 bits per heavy atom. The van der Waals surface area contributed by atoms with Crippen molar-refractivity contribution in [1.82, 2.24) is 0 Å². The molecule has 0 aliphatic carbocycles. The van der Waals surface area contributed by atoms with Crippen LogP contribution >= 0.6 is 0 Å². The summed E-state index contributed by atoms with van der Waals surface area (Å²) in [5, 5.41) is 0. The van der Waals surface area contributed by atoms with Gasteiger partial charge in [0.25, 0.3) is 0 Å². The Bertz CT molecular complexity index is 134. The van der Waals surface area contributed by atoms with Gasteiger partial charge in [-0.3, -0.25) is 0 Å². The van der Waals surface area contributed by atoms with Crippen LogP contribution in [0.1, 0.15) is 5.56 Å². The van der Waals surface area contributed by atoms with Crippen molar-refractivity contribution in [1.29, 1.82) is 0 Å². The zero-order valence-corrected chi connectivity index (χ0v) is 6.72. The molecule has 8 heavy (non-hydrogen) atoms. The first kappa shape index (κ1) is 7.91. The molecule has 1 rings (SSSR count). The van der Waals surface area contributed by atoms with Crippen molar-refractivity contribution in [2.45, 2.75) is 6.92 Å². The number of hydrogen-bond donors (Lipinski definition) is 0. The molecule has 0 N–H and O–H groups in total. The van der Waals surface area contributed by atoms with Gasteiger partial charge in [0, 0.05) is 21.1 Å². The average Bonchev–Trinajstić information content (AvgIpc) is 1.69. The summed E-state index contributed by atoms with van der Waals surface area (Å²) in [6, 6.07) is 10.9. The van der Waals surface area contributed by atoms with Crippen LogP contribution in [0.25, 0.3) is 0 Å². The van der Waals surface area contributed by atoms with Crippen molar-refractivity contribution in [3.05, 3.63) is 35.9 Å². The predicted octanol–water partition coefficient (Wildman–Crippen LogP) is 1.79. The zero-order valence-electron chi connectivity index (χ0n) is 4.72. The molecule has 0 spiro atoms. The first-order valence-corrected chi connectivity index (χ1v) is 2.33. The van der Waals surface area contributed by atoms with Crippen LogP contribution in [0, 0.1) is 13.0 Å². The van der Waals surface area contributed by atoms with Crippen molar-refractivity contribution in [2.24, 2.45) is 0 Å². The van der Waals surface area contributed by atoms with Gasteiger partial charge in [-0.15, -0.1) is 0 Å². The summed E-state index contributed by atoms with van der Waals surface area (Å²) >= 11 is 0. The predicted molar refractivity (Wildman–Crippen MR) is 30.0 cm³/mol. The number of benzene rings is 1. The summed E-state index contributed by atoms with van der Waals surface area (Å²) < 4.78 is 0. The topological polar surface area (TPSA) is 0 Å². The Hall–Kier alpha value is -0.0917. The molecule has 0 unspecified atom stereocenters. The molecular weight excluding hydrogens is 180 g/mol. The quantitative estimate of drug-likeness (QED) is 0.429. The fourth-order valence-electron chi connectivity index (χ4n) is 0.483. The maximum Gasteiger partial charge on any atom is 0 e. The summed E-state index contributed by atoms with van der Waals surface area (Å²) in [4.78, 5) is 0. The van der Waals surface area contributed by atoms with Crippen LogP contribution in [-0.4, -0.2) is 0 Å². The molecule has 0 atom stereocenters. The molecule has 0 saturated heterocycles. The second kappa shape index (κ2) is 3.86. The standard InChI is InChI=1S/C7H7.Mo/c1-7-5-3-2-4-6-7;/h2-5H,1H3;/q-1;. The molecule has 0 heterocycles. The molecule has 42 valence electrons. The molecule has 1 aromatic rings. The summed E-state index contributed by atoms with van der Waals surface area (Å²) in [5.74, 6) is 0. The van der Waals surface area contributed by atoms with Crippen molar-refractivity contribution >= 4 is 0 Å². The van der Waals surface area contributed by atoms with E-state index in [0.29, 0.717) is 0 Å². The minimum atomic E-state index is 0. The molecule has 0 aliphatic rings. The van der Waals surface area contributed by atoms with Crippen LogP contribution in [-0.2, 0) is 21.1 Å². The second-order valence-electron chi connectivity index (χ2n) is 1.55. The fourth-order valence-corrected chi connectivity index (χ4v) is 0.483. The monoisotopic (exact) mass is 189 g/mol. The summed E-state index contributed by atoms with van der Waals surface area (Å²) in [5.41, 5.74) is 1.20. The maximum absolute atomic E-state index is 3.03. The largest absolute Gasteiger partial charge is 0.181 e. The molecule has 0 aliphatic heterocycles. The van der Waals surface area contributed by atoms with E-state index in [4.69, 9.17) is 0 Å². The molecule has 0 amide bonds. The minimum absolute atomic E-state index is 0. The van der Waals surface area contributed by atoms with E-state index < -0.39 is 0 Å². The molecular formula is C7H7Mo-. The van der Waals surface area contributed by atoms with Crippen LogP contribution in [0.5, 0.6) is 0 Å². The second-order valence-corrected chi connectivity index (χ2v) is 1.55. The molecule has 1 heteroatoms. The molecule has 0 radical (unpaired) electrons. The third kappa shape index (κ3) is 2.28. The average molecular weight is 187 g/mol. The van der Waals surface area contributed by atoms with Crippen molar-refractivity contribution in [2.75, 3.05) is 0 Å². The van der Waals surface area contributed by atoms with E-state index >= 15 is 0 Å². The molecule has 0 aromatic heterocycles. The van der Waals surface area contributed by atoms with Gasteiger partial charge in [-0.1, -0.05) is 6.92 Å². The van der Waals surface area contributed by atoms with E-state index in [9.17, 15) is 0 Å². The van der Waals surface area contributed by atoms with E-state index in [1.165, 1.54) is 5.56 Å². The minimum Gasteiger partial charge on any atom is -0.181 e. The first-order chi connectivity index (χ1) is 3.39. The number of rotatable bonds is 0. The van der Waals surface area contributed by atoms with Gasteiger partial charge < -0.3 is 0 Å². The molecule has 0 fully saturated rings. The van der Waals surface area contributed by atoms with E-state index in [-0.39, 0.29) is 21.1 Å². The van der Waals surface area contributed by atoms with Crippen molar-refractivity contribution in [3.63, 3.8) is 0 Å². The van der Waals surface area contributed by atoms with E-state index in [2.05, 4.69) is 6.07 Å². The van der Waals surface area contributed by atoms with E-state index in [1.807, 2.05) is 31.2 Å². The molecule has 1 aromatic carbocycles. The smallest absolute Gasteiger partial charge is 0 e. The van der Waals surface area contributed by atoms with Crippen LogP contribution in [0.15, 0.2) is 24.3 Å². The zero-order chi connectivity index (χ0) is 5.11. The van der Waals surface area contributed by atoms with Gasteiger partial charge in [0.1, 0.15) is 0 Å². The summed E-state index contributed by atoms with van der Waals surface area (Å²) in [6.07, 6.45) is 0. The Morgan fingerprint density at radius 2 is 2.12 bits per heavy atom. The van der Waals surface area contributed by atoms with Gasteiger partial charge in [-0.25, -0.2) is 0 Å². The summed E-state index contributed by atoms with van der Waals surface area (Å²) in [6.45, 7) is 2.03. The Kier molecular flexibility index (Phi) is 3.81.